The molecule has 1 aliphatic rings. The van der Waals surface area contributed by atoms with Crippen LogP contribution in [-0.4, -0.2) is 0 Å². The minimum Gasteiger partial charge on any atom is -0.456 e. The molecule has 0 amide bonds. The average Bonchev–Trinajstić information content (AvgIpc) is 4.13. The molecule has 0 saturated heterocycles. The van der Waals surface area contributed by atoms with E-state index in [2.05, 4.69) is 194 Å². The van der Waals surface area contributed by atoms with Gasteiger partial charge in [-0.15, -0.1) is 0 Å². The number of hydrogen-bond acceptors (Lipinski definition) is 3. The van der Waals surface area contributed by atoms with Crippen molar-refractivity contribution in [3.8, 4) is 33.4 Å². The number of benzene rings is 11. The highest BCUT2D eigenvalue weighted by Gasteiger charge is 2.47. The quantitative estimate of drug-likeness (QED) is 0.166. The van der Waals surface area contributed by atoms with Gasteiger partial charge in [-0.25, -0.2) is 0 Å². The molecule has 14 aromatic rings. The van der Waals surface area contributed by atoms with Crippen molar-refractivity contribution in [1.29, 1.82) is 0 Å². The van der Waals surface area contributed by atoms with E-state index in [0.29, 0.717) is 0 Å². The van der Waals surface area contributed by atoms with E-state index >= 15 is 0 Å². The second-order valence-corrected chi connectivity index (χ2v) is 17.8. The van der Waals surface area contributed by atoms with Crippen LogP contribution in [0, 0.1) is 0 Å². The van der Waals surface area contributed by atoms with Gasteiger partial charge in [-0.1, -0.05) is 170 Å². The standard InChI is InChI=1S/C63H36O3/c1-3-15-39(16-4-1)63(40-17-5-2-6-18-40)49-25-13-11-23-45(49)59-50(63)31-32-52-60(59)47-29-27-37(35-55(47)65-52)57-41-19-7-9-21-43(41)58(44-22-10-8-20-42(44)57)38-28-30-48-56(36-38)66-54-34-33-53-61(62(48)54)46-24-12-14-26-51(46)64-53/h1-36H. The molecule has 0 unspecified atom stereocenters. The molecule has 0 radical (unpaired) electrons. The molecule has 0 atom stereocenters. The lowest BCUT2D eigenvalue weighted by atomic mass is 9.67. The summed E-state index contributed by atoms with van der Waals surface area (Å²) in [6.45, 7) is 0. The van der Waals surface area contributed by atoms with Crippen molar-refractivity contribution in [3.05, 3.63) is 241 Å². The Labute approximate surface area is 378 Å². The zero-order chi connectivity index (χ0) is 43.1. The SMILES string of the molecule is c1ccc(C2(c3ccccc3)c3ccccc3-c3c2ccc2oc4cc(-c5c6ccccc6c(-c6ccc7c(c6)oc6ccc8oc9ccccc9c8c67)c6ccccc56)ccc4c32)cc1. The maximum absolute atomic E-state index is 6.95. The third kappa shape index (κ3) is 4.66. The Hall–Kier alpha value is -8.66. The molecule has 0 aliphatic heterocycles. The molecule has 1 aliphatic carbocycles. The molecule has 0 fully saturated rings. The zero-order valence-corrected chi connectivity index (χ0v) is 35.5. The first-order valence-corrected chi connectivity index (χ1v) is 22.7. The molecular formula is C63H36O3. The van der Waals surface area contributed by atoms with Crippen molar-refractivity contribution in [2.24, 2.45) is 0 Å². The maximum Gasteiger partial charge on any atom is 0.136 e. The Bertz CT molecular complexity index is 4240. The van der Waals surface area contributed by atoms with Crippen molar-refractivity contribution in [1.82, 2.24) is 0 Å². The van der Waals surface area contributed by atoms with Gasteiger partial charge in [0.1, 0.15) is 33.5 Å². The van der Waals surface area contributed by atoms with Gasteiger partial charge in [-0.2, -0.15) is 0 Å². The van der Waals surface area contributed by atoms with Crippen LogP contribution in [-0.2, 0) is 5.41 Å². The average molecular weight is 841 g/mol. The molecule has 66 heavy (non-hydrogen) atoms. The number of fused-ring (bicyclic) bond motifs is 16. The summed E-state index contributed by atoms with van der Waals surface area (Å²) >= 11 is 0. The van der Waals surface area contributed by atoms with Crippen LogP contribution in [0.15, 0.2) is 232 Å². The van der Waals surface area contributed by atoms with Gasteiger partial charge < -0.3 is 13.3 Å². The maximum atomic E-state index is 6.95. The summed E-state index contributed by atoms with van der Waals surface area (Å²) in [6, 6.07) is 78.9. The van der Waals surface area contributed by atoms with Gasteiger partial charge in [-0.3, -0.25) is 0 Å². The fourth-order valence-electron chi connectivity index (χ4n) is 11.9. The lowest BCUT2D eigenvalue weighted by Gasteiger charge is -2.33. The van der Waals surface area contributed by atoms with Gasteiger partial charge in [0, 0.05) is 32.3 Å². The highest BCUT2D eigenvalue weighted by atomic mass is 16.3. The van der Waals surface area contributed by atoms with E-state index in [-0.39, 0.29) is 0 Å². The largest absolute Gasteiger partial charge is 0.456 e. The Morgan fingerprint density at radius 1 is 0.258 bits per heavy atom. The van der Waals surface area contributed by atoms with Gasteiger partial charge in [0.2, 0.25) is 0 Å². The van der Waals surface area contributed by atoms with Crippen LogP contribution in [0.3, 0.4) is 0 Å². The van der Waals surface area contributed by atoms with E-state index in [1.165, 1.54) is 66.1 Å². The third-order valence-corrected chi connectivity index (χ3v) is 14.5. The molecule has 0 bridgehead atoms. The molecule has 3 nitrogen and oxygen atoms in total. The van der Waals surface area contributed by atoms with E-state index in [1.54, 1.807) is 0 Å². The highest BCUT2D eigenvalue weighted by Crippen LogP contribution is 2.59. The van der Waals surface area contributed by atoms with Gasteiger partial charge in [-0.05, 0) is 126 Å². The predicted octanol–water partition coefficient (Wildman–Crippen LogP) is 17.4. The summed E-state index contributed by atoms with van der Waals surface area (Å²) in [6.07, 6.45) is 0. The Morgan fingerprint density at radius 2 is 0.682 bits per heavy atom. The summed E-state index contributed by atoms with van der Waals surface area (Å²) in [7, 11) is 0. The second-order valence-electron chi connectivity index (χ2n) is 17.8. The molecule has 15 rings (SSSR count). The first-order chi connectivity index (χ1) is 32.7. The van der Waals surface area contributed by atoms with E-state index < -0.39 is 5.41 Å². The fourth-order valence-corrected chi connectivity index (χ4v) is 11.9. The van der Waals surface area contributed by atoms with Crippen LogP contribution in [0.25, 0.3) is 121 Å². The molecule has 3 aromatic heterocycles. The van der Waals surface area contributed by atoms with E-state index in [9.17, 15) is 0 Å². The van der Waals surface area contributed by atoms with Gasteiger partial charge in [0.25, 0.3) is 0 Å². The topological polar surface area (TPSA) is 39.4 Å². The number of rotatable bonds is 4. The molecular weight excluding hydrogens is 805 g/mol. The van der Waals surface area contributed by atoms with Crippen LogP contribution >= 0.6 is 0 Å². The van der Waals surface area contributed by atoms with Crippen LogP contribution in [0.4, 0.5) is 0 Å². The summed E-state index contributed by atoms with van der Waals surface area (Å²) < 4.78 is 19.9. The normalized spacial score (nSPS) is 13.3. The van der Waals surface area contributed by atoms with Crippen LogP contribution in [0.1, 0.15) is 22.3 Å². The van der Waals surface area contributed by atoms with Gasteiger partial charge in [0.05, 0.1) is 5.41 Å². The summed E-state index contributed by atoms with van der Waals surface area (Å²) in [5.41, 5.74) is 16.9. The fraction of sp³-hybridized carbons (Fsp3) is 0.0159. The molecule has 3 heteroatoms. The van der Waals surface area contributed by atoms with Crippen LogP contribution < -0.4 is 0 Å². The minimum absolute atomic E-state index is 0.484. The van der Waals surface area contributed by atoms with Crippen molar-refractivity contribution in [2.75, 3.05) is 0 Å². The molecule has 11 aromatic carbocycles. The summed E-state index contributed by atoms with van der Waals surface area (Å²) in [4.78, 5) is 0. The molecule has 306 valence electrons. The zero-order valence-electron chi connectivity index (χ0n) is 35.5. The Kier molecular flexibility index (Phi) is 7.15. The van der Waals surface area contributed by atoms with Gasteiger partial charge in [0.15, 0.2) is 0 Å². The smallest absolute Gasteiger partial charge is 0.136 e. The van der Waals surface area contributed by atoms with Crippen molar-refractivity contribution in [3.63, 3.8) is 0 Å². The Morgan fingerprint density at radius 3 is 1.26 bits per heavy atom. The summed E-state index contributed by atoms with van der Waals surface area (Å²) in [5, 5.41) is 11.4. The Balaban J connectivity index is 0.938. The number of para-hydroxylation sites is 1. The molecule has 3 heterocycles. The first-order valence-electron chi connectivity index (χ1n) is 22.7. The van der Waals surface area contributed by atoms with E-state index in [4.69, 9.17) is 13.3 Å². The van der Waals surface area contributed by atoms with Crippen LogP contribution in [0.5, 0.6) is 0 Å². The van der Waals surface area contributed by atoms with Crippen LogP contribution in [0.2, 0.25) is 0 Å². The molecule has 0 N–H and O–H groups in total. The highest BCUT2D eigenvalue weighted by molar-refractivity contribution is 6.27. The number of hydrogen-bond donors (Lipinski definition) is 0. The first kappa shape index (κ1) is 35.8. The second kappa shape index (κ2) is 13.2. The van der Waals surface area contributed by atoms with Gasteiger partial charge >= 0.3 is 0 Å². The van der Waals surface area contributed by atoms with Crippen molar-refractivity contribution >= 4 is 87.4 Å². The third-order valence-electron chi connectivity index (χ3n) is 14.5. The molecule has 0 saturated carbocycles. The van der Waals surface area contributed by atoms with E-state index in [0.717, 1.165) is 76.9 Å². The minimum atomic E-state index is -0.484. The summed E-state index contributed by atoms with van der Waals surface area (Å²) in [5.74, 6) is 0. The molecule has 0 spiro atoms. The van der Waals surface area contributed by atoms with E-state index in [1.807, 2.05) is 24.3 Å². The monoisotopic (exact) mass is 840 g/mol. The lowest BCUT2D eigenvalue weighted by molar-refractivity contribution is 0.663. The number of furan rings is 3. The predicted molar refractivity (Wildman–Crippen MR) is 271 cm³/mol. The van der Waals surface area contributed by atoms with Crippen molar-refractivity contribution in [2.45, 2.75) is 5.41 Å². The van der Waals surface area contributed by atoms with Crippen molar-refractivity contribution < 1.29 is 13.3 Å². The lowest BCUT2D eigenvalue weighted by Crippen LogP contribution is -2.28.